The largest absolute Gasteiger partial charge is 0.497 e. The Morgan fingerprint density at radius 2 is 1.75 bits per heavy atom. The van der Waals surface area contributed by atoms with Crippen LogP contribution in [0.1, 0.15) is 21.6 Å². The van der Waals surface area contributed by atoms with Crippen LogP contribution < -0.4 is 10.1 Å². The SMILES string of the molecule is COc1ccc(CCNc2cnc(C(=O)N(C)Cc3ccccc3)cn2)cc1. The number of rotatable bonds is 8. The summed E-state index contributed by atoms with van der Waals surface area (Å²) in [4.78, 5) is 22.7. The molecule has 6 nitrogen and oxygen atoms in total. The van der Waals surface area contributed by atoms with Crippen LogP contribution in [0.15, 0.2) is 67.0 Å². The molecule has 144 valence electrons. The minimum atomic E-state index is -0.152. The lowest BCUT2D eigenvalue weighted by Gasteiger charge is -2.16. The number of hydrogen-bond acceptors (Lipinski definition) is 5. The van der Waals surface area contributed by atoms with Gasteiger partial charge >= 0.3 is 0 Å². The molecule has 6 heteroatoms. The maximum atomic E-state index is 12.5. The number of anilines is 1. The smallest absolute Gasteiger partial charge is 0.274 e. The Morgan fingerprint density at radius 1 is 1.00 bits per heavy atom. The third-order valence-electron chi connectivity index (χ3n) is 4.36. The van der Waals surface area contributed by atoms with Gasteiger partial charge in [0, 0.05) is 20.1 Å². The number of carbonyl (C=O) groups excluding carboxylic acids is 1. The molecule has 0 aliphatic rings. The molecule has 0 spiro atoms. The lowest BCUT2D eigenvalue weighted by molar-refractivity contribution is 0.0779. The maximum absolute atomic E-state index is 12.5. The van der Waals surface area contributed by atoms with E-state index >= 15 is 0 Å². The highest BCUT2D eigenvalue weighted by Gasteiger charge is 2.14. The first-order chi connectivity index (χ1) is 13.7. The second-order valence-corrected chi connectivity index (χ2v) is 6.46. The van der Waals surface area contributed by atoms with E-state index in [4.69, 9.17) is 4.74 Å². The van der Waals surface area contributed by atoms with E-state index in [2.05, 4.69) is 15.3 Å². The molecule has 0 aliphatic carbocycles. The van der Waals surface area contributed by atoms with Crippen molar-refractivity contribution < 1.29 is 9.53 Å². The van der Waals surface area contributed by atoms with Gasteiger partial charge in [-0.2, -0.15) is 0 Å². The third-order valence-corrected chi connectivity index (χ3v) is 4.36. The Kier molecular flexibility index (Phi) is 6.57. The third kappa shape index (κ3) is 5.30. The number of carbonyl (C=O) groups is 1. The number of nitrogens with zero attached hydrogens (tertiary/aromatic N) is 3. The fraction of sp³-hybridized carbons (Fsp3) is 0.227. The van der Waals surface area contributed by atoms with Crippen molar-refractivity contribution in [1.29, 1.82) is 0 Å². The number of aromatic nitrogens is 2. The zero-order valence-corrected chi connectivity index (χ0v) is 16.1. The lowest BCUT2D eigenvalue weighted by atomic mass is 10.1. The molecule has 0 saturated heterocycles. The molecule has 1 aromatic heterocycles. The molecular weight excluding hydrogens is 352 g/mol. The second kappa shape index (κ2) is 9.50. The highest BCUT2D eigenvalue weighted by molar-refractivity contribution is 5.91. The van der Waals surface area contributed by atoms with Crippen LogP contribution >= 0.6 is 0 Å². The van der Waals surface area contributed by atoms with Gasteiger partial charge < -0.3 is 15.0 Å². The van der Waals surface area contributed by atoms with E-state index in [1.165, 1.54) is 11.8 Å². The fourth-order valence-electron chi connectivity index (χ4n) is 2.78. The fourth-order valence-corrected chi connectivity index (χ4v) is 2.78. The van der Waals surface area contributed by atoms with Gasteiger partial charge in [-0.1, -0.05) is 42.5 Å². The average Bonchev–Trinajstić information content (AvgIpc) is 2.75. The van der Waals surface area contributed by atoms with E-state index in [0.717, 1.165) is 24.3 Å². The summed E-state index contributed by atoms with van der Waals surface area (Å²) >= 11 is 0. The van der Waals surface area contributed by atoms with Gasteiger partial charge in [-0.3, -0.25) is 4.79 Å². The maximum Gasteiger partial charge on any atom is 0.274 e. The summed E-state index contributed by atoms with van der Waals surface area (Å²) in [5.41, 5.74) is 2.61. The van der Waals surface area contributed by atoms with Crippen LogP contribution in [0, 0.1) is 0 Å². The van der Waals surface area contributed by atoms with Crippen molar-refractivity contribution in [3.8, 4) is 5.75 Å². The molecule has 0 radical (unpaired) electrons. The molecule has 0 aliphatic heterocycles. The molecule has 3 rings (SSSR count). The first-order valence-corrected chi connectivity index (χ1v) is 9.14. The first kappa shape index (κ1) is 19.4. The van der Waals surface area contributed by atoms with Crippen molar-refractivity contribution in [2.24, 2.45) is 0 Å². The molecule has 1 N–H and O–H groups in total. The molecule has 0 fully saturated rings. The highest BCUT2D eigenvalue weighted by atomic mass is 16.5. The summed E-state index contributed by atoms with van der Waals surface area (Å²) in [6.45, 7) is 1.26. The molecule has 1 amide bonds. The van der Waals surface area contributed by atoms with Gasteiger partial charge in [0.25, 0.3) is 5.91 Å². The zero-order chi connectivity index (χ0) is 19.8. The zero-order valence-electron chi connectivity index (χ0n) is 16.1. The molecule has 0 unspecified atom stereocenters. The van der Waals surface area contributed by atoms with Crippen molar-refractivity contribution in [3.63, 3.8) is 0 Å². The van der Waals surface area contributed by atoms with Gasteiger partial charge in [0.05, 0.1) is 19.5 Å². The van der Waals surface area contributed by atoms with E-state index in [9.17, 15) is 4.79 Å². The first-order valence-electron chi connectivity index (χ1n) is 9.14. The summed E-state index contributed by atoms with van der Waals surface area (Å²) in [5, 5.41) is 3.23. The summed E-state index contributed by atoms with van der Waals surface area (Å²) < 4.78 is 5.16. The quantitative estimate of drug-likeness (QED) is 0.653. The Balaban J connectivity index is 1.50. The minimum Gasteiger partial charge on any atom is -0.497 e. The summed E-state index contributed by atoms with van der Waals surface area (Å²) in [6.07, 6.45) is 3.96. The number of methoxy groups -OCH3 is 1. The van der Waals surface area contributed by atoms with E-state index in [1.54, 1.807) is 25.3 Å². The van der Waals surface area contributed by atoms with Gasteiger partial charge in [-0.15, -0.1) is 0 Å². The molecule has 3 aromatic rings. The number of ether oxygens (including phenoxy) is 1. The van der Waals surface area contributed by atoms with Crippen molar-refractivity contribution in [2.45, 2.75) is 13.0 Å². The lowest BCUT2D eigenvalue weighted by Crippen LogP contribution is -2.27. The van der Waals surface area contributed by atoms with Crippen LogP contribution in [0.4, 0.5) is 5.82 Å². The van der Waals surface area contributed by atoms with E-state index in [-0.39, 0.29) is 5.91 Å². The van der Waals surface area contributed by atoms with Crippen molar-refractivity contribution in [3.05, 3.63) is 83.8 Å². The molecule has 0 saturated carbocycles. The molecule has 0 atom stereocenters. The van der Waals surface area contributed by atoms with Gasteiger partial charge in [-0.25, -0.2) is 9.97 Å². The van der Waals surface area contributed by atoms with Crippen LogP contribution in [0.5, 0.6) is 5.75 Å². The normalized spacial score (nSPS) is 10.4. The van der Waals surface area contributed by atoms with Crippen LogP contribution in [0.25, 0.3) is 0 Å². The van der Waals surface area contributed by atoms with E-state index in [1.807, 2.05) is 54.6 Å². The predicted molar refractivity (Wildman–Crippen MR) is 109 cm³/mol. The number of amides is 1. The van der Waals surface area contributed by atoms with Crippen LogP contribution in [-0.4, -0.2) is 41.5 Å². The molecule has 2 aromatic carbocycles. The Morgan fingerprint density at radius 3 is 2.39 bits per heavy atom. The second-order valence-electron chi connectivity index (χ2n) is 6.46. The molecule has 1 heterocycles. The molecule has 28 heavy (non-hydrogen) atoms. The standard InChI is InChI=1S/C22H24N4O2/c1-26(16-18-6-4-3-5-7-18)22(27)20-14-25-21(15-24-20)23-13-12-17-8-10-19(28-2)11-9-17/h3-11,14-15H,12-13,16H2,1-2H3,(H,23,25). The predicted octanol–water partition coefficient (Wildman–Crippen LogP) is 3.41. The number of benzene rings is 2. The van der Waals surface area contributed by atoms with Crippen LogP contribution in [0.3, 0.4) is 0 Å². The molecule has 0 bridgehead atoms. The van der Waals surface area contributed by atoms with Gasteiger partial charge in [0.15, 0.2) is 0 Å². The molecular formula is C22H24N4O2. The van der Waals surface area contributed by atoms with Crippen molar-refractivity contribution >= 4 is 11.7 Å². The van der Waals surface area contributed by atoms with Crippen LogP contribution in [0.2, 0.25) is 0 Å². The summed E-state index contributed by atoms with van der Waals surface area (Å²) in [5.74, 6) is 1.34. The Hall–Kier alpha value is -3.41. The number of hydrogen-bond donors (Lipinski definition) is 1. The van der Waals surface area contributed by atoms with Gasteiger partial charge in [0.1, 0.15) is 17.3 Å². The van der Waals surface area contributed by atoms with Crippen molar-refractivity contribution in [2.75, 3.05) is 26.0 Å². The Bertz CT molecular complexity index is 881. The van der Waals surface area contributed by atoms with Gasteiger partial charge in [0.2, 0.25) is 0 Å². The van der Waals surface area contributed by atoms with Crippen molar-refractivity contribution in [1.82, 2.24) is 14.9 Å². The topological polar surface area (TPSA) is 67.3 Å². The van der Waals surface area contributed by atoms with E-state index < -0.39 is 0 Å². The highest BCUT2D eigenvalue weighted by Crippen LogP contribution is 2.12. The summed E-state index contributed by atoms with van der Waals surface area (Å²) in [6, 6.07) is 17.8. The monoisotopic (exact) mass is 376 g/mol. The average molecular weight is 376 g/mol. The summed E-state index contributed by atoms with van der Waals surface area (Å²) in [7, 11) is 3.42. The number of nitrogens with one attached hydrogen (secondary N) is 1. The minimum absolute atomic E-state index is 0.152. The van der Waals surface area contributed by atoms with E-state index in [0.29, 0.717) is 18.1 Å². The van der Waals surface area contributed by atoms with Crippen LogP contribution in [-0.2, 0) is 13.0 Å². The Labute approximate surface area is 165 Å². The van der Waals surface area contributed by atoms with Gasteiger partial charge in [-0.05, 0) is 29.7 Å².